The SMILES string of the molecule is CC(C)CSc1cc(Br)ncn1. The molecule has 0 amide bonds. The Balaban J connectivity index is 2.52. The molecule has 0 aliphatic carbocycles. The summed E-state index contributed by atoms with van der Waals surface area (Å²) < 4.78 is 0.851. The van der Waals surface area contributed by atoms with Crippen LogP contribution in [0.4, 0.5) is 0 Å². The van der Waals surface area contributed by atoms with Gasteiger partial charge in [-0.25, -0.2) is 9.97 Å². The number of aromatic nitrogens is 2. The molecule has 1 aromatic rings. The Morgan fingerprint density at radius 3 is 2.83 bits per heavy atom. The monoisotopic (exact) mass is 246 g/mol. The number of rotatable bonds is 3. The molecule has 12 heavy (non-hydrogen) atoms. The molecule has 1 rings (SSSR count). The van der Waals surface area contributed by atoms with Crippen molar-refractivity contribution in [3.05, 3.63) is 17.0 Å². The lowest BCUT2D eigenvalue weighted by Crippen LogP contribution is -1.91. The van der Waals surface area contributed by atoms with E-state index in [4.69, 9.17) is 0 Å². The van der Waals surface area contributed by atoms with Gasteiger partial charge in [-0.3, -0.25) is 0 Å². The van der Waals surface area contributed by atoms with Crippen molar-refractivity contribution < 1.29 is 0 Å². The molecule has 1 heterocycles. The average molecular weight is 247 g/mol. The quantitative estimate of drug-likeness (QED) is 0.606. The summed E-state index contributed by atoms with van der Waals surface area (Å²) in [6.45, 7) is 4.40. The van der Waals surface area contributed by atoms with Crippen LogP contribution in [-0.4, -0.2) is 15.7 Å². The number of hydrogen-bond donors (Lipinski definition) is 0. The Hall–Kier alpha value is -0.0900. The Labute approximate surface area is 85.3 Å². The van der Waals surface area contributed by atoms with Crippen molar-refractivity contribution >= 4 is 27.7 Å². The van der Waals surface area contributed by atoms with Gasteiger partial charge in [-0.2, -0.15) is 0 Å². The third-order valence-corrected chi connectivity index (χ3v) is 2.96. The zero-order chi connectivity index (χ0) is 8.97. The van der Waals surface area contributed by atoms with Gasteiger partial charge in [-0.15, -0.1) is 11.8 Å². The maximum Gasteiger partial charge on any atom is 0.118 e. The van der Waals surface area contributed by atoms with Crippen LogP contribution in [0, 0.1) is 5.92 Å². The molecule has 4 heteroatoms. The van der Waals surface area contributed by atoms with Crippen LogP contribution in [0.15, 0.2) is 22.0 Å². The van der Waals surface area contributed by atoms with E-state index in [2.05, 4.69) is 39.7 Å². The van der Waals surface area contributed by atoms with Crippen molar-refractivity contribution in [1.82, 2.24) is 9.97 Å². The maximum absolute atomic E-state index is 4.13. The van der Waals surface area contributed by atoms with Crippen LogP contribution in [0.2, 0.25) is 0 Å². The minimum Gasteiger partial charge on any atom is -0.230 e. The Bertz CT molecular complexity index is 253. The van der Waals surface area contributed by atoms with E-state index in [9.17, 15) is 0 Å². The molecule has 0 radical (unpaired) electrons. The van der Waals surface area contributed by atoms with E-state index in [1.807, 2.05) is 6.07 Å². The number of thioether (sulfide) groups is 1. The Morgan fingerprint density at radius 2 is 2.25 bits per heavy atom. The first-order valence-electron chi connectivity index (χ1n) is 3.79. The molecule has 2 nitrogen and oxygen atoms in total. The summed E-state index contributed by atoms with van der Waals surface area (Å²) in [5.74, 6) is 1.80. The van der Waals surface area contributed by atoms with Crippen LogP contribution in [0.3, 0.4) is 0 Å². The van der Waals surface area contributed by atoms with Crippen LogP contribution in [0.25, 0.3) is 0 Å². The fraction of sp³-hybridized carbons (Fsp3) is 0.500. The van der Waals surface area contributed by atoms with E-state index < -0.39 is 0 Å². The average Bonchev–Trinajstić information content (AvgIpc) is 2.01. The summed E-state index contributed by atoms with van der Waals surface area (Å²) >= 11 is 5.07. The van der Waals surface area contributed by atoms with Crippen molar-refractivity contribution in [2.24, 2.45) is 5.92 Å². The Kier molecular flexibility index (Phi) is 4.01. The van der Waals surface area contributed by atoms with E-state index in [-0.39, 0.29) is 0 Å². The molecule has 0 saturated heterocycles. The van der Waals surface area contributed by atoms with Gasteiger partial charge in [0.25, 0.3) is 0 Å². The molecule has 0 N–H and O–H groups in total. The lowest BCUT2D eigenvalue weighted by atomic mass is 10.3. The lowest BCUT2D eigenvalue weighted by Gasteiger charge is -2.02. The predicted octanol–water partition coefficient (Wildman–Crippen LogP) is 2.99. The normalized spacial score (nSPS) is 10.7. The molecule has 0 unspecified atom stereocenters. The molecule has 0 bridgehead atoms. The second-order valence-corrected chi connectivity index (χ2v) is 4.74. The number of hydrogen-bond acceptors (Lipinski definition) is 3. The smallest absolute Gasteiger partial charge is 0.118 e. The summed E-state index contributed by atoms with van der Waals surface area (Å²) in [7, 11) is 0. The van der Waals surface area contributed by atoms with Crippen molar-refractivity contribution in [3.63, 3.8) is 0 Å². The molecular formula is C8H11BrN2S. The van der Waals surface area contributed by atoms with Gasteiger partial charge in [-0.05, 0) is 21.8 Å². The van der Waals surface area contributed by atoms with Gasteiger partial charge >= 0.3 is 0 Å². The van der Waals surface area contributed by atoms with Gasteiger partial charge in [-0.1, -0.05) is 13.8 Å². The summed E-state index contributed by atoms with van der Waals surface area (Å²) in [5, 5.41) is 1.03. The van der Waals surface area contributed by atoms with Crippen molar-refractivity contribution in [3.8, 4) is 0 Å². The van der Waals surface area contributed by atoms with Crippen LogP contribution in [-0.2, 0) is 0 Å². The van der Waals surface area contributed by atoms with E-state index >= 15 is 0 Å². The zero-order valence-corrected chi connectivity index (χ0v) is 9.52. The minimum absolute atomic E-state index is 0.698. The molecule has 1 aromatic heterocycles. The molecule has 0 aliphatic heterocycles. The molecule has 0 spiro atoms. The van der Waals surface area contributed by atoms with Crippen molar-refractivity contribution in [2.45, 2.75) is 18.9 Å². The van der Waals surface area contributed by atoms with Gasteiger partial charge in [0.1, 0.15) is 16.0 Å². The highest BCUT2D eigenvalue weighted by atomic mass is 79.9. The molecule has 0 atom stereocenters. The topological polar surface area (TPSA) is 25.8 Å². The van der Waals surface area contributed by atoms with E-state index in [0.29, 0.717) is 5.92 Å². The maximum atomic E-state index is 4.13. The Morgan fingerprint density at radius 1 is 1.50 bits per heavy atom. The summed E-state index contributed by atoms with van der Waals surface area (Å²) in [5.41, 5.74) is 0. The molecule has 66 valence electrons. The highest BCUT2D eigenvalue weighted by molar-refractivity contribution is 9.10. The molecule has 0 aromatic carbocycles. The van der Waals surface area contributed by atoms with Gasteiger partial charge in [0, 0.05) is 11.8 Å². The first kappa shape index (κ1) is 9.99. The first-order chi connectivity index (χ1) is 5.68. The summed E-state index contributed by atoms with van der Waals surface area (Å²) in [6, 6.07) is 1.94. The van der Waals surface area contributed by atoms with Gasteiger partial charge in [0.05, 0.1) is 0 Å². The molecular weight excluding hydrogens is 236 g/mol. The van der Waals surface area contributed by atoms with Crippen LogP contribution < -0.4 is 0 Å². The van der Waals surface area contributed by atoms with Gasteiger partial charge < -0.3 is 0 Å². The minimum atomic E-state index is 0.698. The third-order valence-electron chi connectivity index (χ3n) is 1.17. The van der Waals surface area contributed by atoms with E-state index in [1.54, 1.807) is 18.1 Å². The zero-order valence-electron chi connectivity index (χ0n) is 7.12. The van der Waals surface area contributed by atoms with Crippen molar-refractivity contribution in [1.29, 1.82) is 0 Å². The predicted molar refractivity (Wildman–Crippen MR) is 55.3 cm³/mol. The fourth-order valence-corrected chi connectivity index (χ4v) is 1.93. The summed E-state index contributed by atoms with van der Waals surface area (Å²) in [4.78, 5) is 8.09. The second kappa shape index (κ2) is 4.82. The fourth-order valence-electron chi connectivity index (χ4n) is 0.648. The number of nitrogens with zero attached hydrogens (tertiary/aromatic N) is 2. The van der Waals surface area contributed by atoms with E-state index in [0.717, 1.165) is 15.4 Å². The molecule has 0 aliphatic rings. The number of halogens is 1. The van der Waals surface area contributed by atoms with Gasteiger partial charge in [0.2, 0.25) is 0 Å². The van der Waals surface area contributed by atoms with Crippen LogP contribution >= 0.6 is 27.7 Å². The highest BCUT2D eigenvalue weighted by Crippen LogP contribution is 2.19. The van der Waals surface area contributed by atoms with Gasteiger partial charge in [0.15, 0.2) is 0 Å². The molecule has 0 saturated carbocycles. The molecule has 0 fully saturated rings. The van der Waals surface area contributed by atoms with Crippen LogP contribution in [0.1, 0.15) is 13.8 Å². The highest BCUT2D eigenvalue weighted by Gasteiger charge is 1.99. The first-order valence-corrected chi connectivity index (χ1v) is 5.56. The summed E-state index contributed by atoms with van der Waals surface area (Å²) in [6.07, 6.45) is 1.58. The third kappa shape index (κ3) is 3.54. The van der Waals surface area contributed by atoms with Crippen LogP contribution in [0.5, 0.6) is 0 Å². The standard InChI is InChI=1S/C8H11BrN2S/c1-6(2)4-12-8-3-7(9)10-5-11-8/h3,5-6H,4H2,1-2H3. The lowest BCUT2D eigenvalue weighted by molar-refractivity contribution is 0.749. The van der Waals surface area contributed by atoms with E-state index in [1.165, 1.54) is 0 Å². The second-order valence-electron chi connectivity index (χ2n) is 2.88. The van der Waals surface area contributed by atoms with Crippen molar-refractivity contribution in [2.75, 3.05) is 5.75 Å². The largest absolute Gasteiger partial charge is 0.230 e.